The average Bonchev–Trinajstić information content (AvgIpc) is 3.21. The van der Waals surface area contributed by atoms with E-state index in [0.717, 1.165) is 11.8 Å². The van der Waals surface area contributed by atoms with E-state index >= 15 is 0 Å². The molecular weight excluding hydrogens is 374 g/mol. The summed E-state index contributed by atoms with van der Waals surface area (Å²) >= 11 is 0. The molecule has 0 aromatic heterocycles. The molecule has 0 saturated heterocycles. The third-order valence-corrected chi connectivity index (χ3v) is 4.28. The molecule has 1 N–H and O–H groups in total. The van der Waals surface area contributed by atoms with E-state index in [-0.39, 0.29) is 25.1 Å². The largest absolute Gasteiger partial charge is 0.454 e. The summed E-state index contributed by atoms with van der Waals surface area (Å²) in [7, 11) is 0. The lowest BCUT2D eigenvalue weighted by atomic mass is 10.1. The summed E-state index contributed by atoms with van der Waals surface area (Å²) in [6, 6.07) is 14.1. The molecule has 2 aromatic carbocycles. The van der Waals surface area contributed by atoms with Crippen molar-refractivity contribution in [1.82, 2.24) is 4.90 Å². The molecule has 144 valence electrons. The number of para-hydroxylation sites is 1. The molecule has 0 aliphatic carbocycles. The molecule has 2 aliphatic heterocycles. The quantitative estimate of drug-likeness (QED) is 0.371. The number of nitrogens with one attached hydrogen (secondary N) is 1. The van der Waals surface area contributed by atoms with Crippen LogP contribution in [0.15, 0.2) is 60.6 Å². The topological polar surface area (TPSA) is 101 Å². The molecule has 29 heavy (non-hydrogen) atoms. The molecule has 1 amide bonds. The van der Waals surface area contributed by atoms with Crippen LogP contribution in [0.5, 0.6) is 11.5 Å². The second-order valence-electron chi connectivity index (χ2n) is 6.11. The van der Waals surface area contributed by atoms with Crippen LogP contribution >= 0.6 is 0 Å². The maximum Gasteiger partial charge on any atom is 0.335 e. The van der Waals surface area contributed by atoms with Crippen LogP contribution in [0.2, 0.25) is 0 Å². The number of esters is 1. The molecule has 4 rings (SSSR count). The number of amides is 1. The highest BCUT2D eigenvalue weighted by molar-refractivity contribution is 6.03. The lowest BCUT2D eigenvalue weighted by molar-refractivity contribution is -0.132. The molecule has 0 bridgehead atoms. The van der Waals surface area contributed by atoms with Crippen molar-refractivity contribution in [3.63, 3.8) is 0 Å². The molecule has 2 aromatic rings. The fourth-order valence-electron chi connectivity index (χ4n) is 2.89. The van der Waals surface area contributed by atoms with E-state index in [1.54, 1.807) is 48.5 Å². The van der Waals surface area contributed by atoms with E-state index in [0.29, 0.717) is 22.7 Å². The minimum atomic E-state index is -0.639. The lowest BCUT2D eigenvalue weighted by Crippen LogP contribution is -2.38. The van der Waals surface area contributed by atoms with Gasteiger partial charge in [0.1, 0.15) is 12.8 Å². The van der Waals surface area contributed by atoms with Crippen molar-refractivity contribution >= 4 is 23.6 Å². The number of rotatable bonds is 4. The summed E-state index contributed by atoms with van der Waals surface area (Å²) in [5.41, 5.74) is 1.75. The zero-order chi connectivity index (χ0) is 20.2. The van der Waals surface area contributed by atoms with Gasteiger partial charge >= 0.3 is 5.97 Å². The summed E-state index contributed by atoms with van der Waals surface area (Å²) in [4.78, 5) is 25.9. The fourth-order valence-corrected chi connectivity index (χ4v) is 2.89. The Morgan fingerprint density at radius 3 is 2.93 bits per heavy atom. The number of carbonyl (C=O) groups is 2. The van der Waals surface area contributed by atoms with Gasteiger partial charge in [-0.2, -0.15) is 5.26 Å². The highest BCUT2D eigenvalue weighted by Crippen LogP contribution is 2.32. The van der Waals surface area contributed by atoms with Crippen LogP contribution in [0, 0.1) is 11.3 Å². The molecule has 2 aliphatic rings. The number of fused-ring (bicyclic) bond motifs is 2. The Bertz CT molecular complexity index is 1080. The van der Waals surface area contributed by atoms with Crippen LogP contribution < -0.4 is 14.8 Å². The first-order valence-corrected chi connectivity index (χ1v) is 8.69. The van der Waals surface area contributed by atoms with Gasteiger partial charge in [-0.1, -0.05) is 18.2 Å². The smallest absolute Gasteiger partial charge is 0.335 e. The minimum absolute atomic E-state index is 0.173. The van der Waals surface area contributed by atoms with Crippen LogP contribution in [0.3, 0.4) is 0 Å². The number of anilines is 1. The molecule has 0 unspecified atom stereocenters. The summed E-state index contributed by atoms with van der Waals surface area (Å²) in [5.74, 6) is 0.484. The van der Waals surface area contributed by atoms with Crippen molar-refractivity contribution in [2.75, 3.05) is 18.7 Å². The number of nitriles is 1. The monoisotopic (exact) mass is 389 g/mol. The van der Waals surface area contributed by atoms with Crippen molar-refractivity contribution in [2.45, 2.75) is 0 Å². The van der Waals surface area contributed by atoms with Crippen LogP contribution in [0.4, 0.5) is 5.69 Å². The number of carbonyl (C=O) groups excluding carboxylic acids is 2. The Kier molecular flexibility index (Phi) is 4.86. The summed E-state index contributed by atoms with van der Waals surface area (Å²) < 4.78 is 15.7. The highest BCUT2D eigenvalue weighted by atomic mass is 16.7. The second-order valence-corrected chi connectivity index (χ2v) is 6.11. The van der Waals surface area contributed by atoms with Crippen LogP contribution in [0.1, 0.15) is 15.9 Å². The average molecular weight is 389 g/mol. The van der Waals surface area contributed by atoms with Gasteiger partial charge in [0.2, 0.25) is 6.79 Å². The number of hydrogen-bond donors (Lipinski definition) is 1. The van der Waals surface area contributed by atoms with E-state index in [2.05, 4.69) is 5.32 Å². The van der Waals surface area contributed by atoms with E-state index in [9.17, 15) is 9.59 Å². The van der Waals surface area contributed by atoms with Gasteiger partial charge in [0, 0.05) is 6.08 Å². The van der Waals surface area contributed by atoms with Gasteiger partial charge in [0.15, 0.2) is 17.3 Å². The Morgan fingerprint density at radius 2 is 2.07 bits per heavy atom. The van der Waals surface area contributed by atoms with Gasteiger partial charge in [0.25, 0.3) is 5.91 Å². The molecule has 0 saturated carbocycles. The summed E-state index contributed by atoms with van der Waals surface area (Å²) in [6.45, 7) is -0.0112. The van der Waals surface area contributed by atoms with Crippen molar-refractivity contribution in [3.05, 3.63) is 71.8 Å². The zero-order valence-corrected chi connectivity index (χ0v) is 15.1. The first-order chi connectivity index (χ1) is 14.2. The van der Waals surface area contributed by atoms with E-state index in [1.165, 1.54) is 11.0 Å². The first kappa shape index (κ1) is 18.1. The lowest BCUT2D eigenvalue weighted by Gasteiger charge is -2.29. The maximum atomic E-state index is 12.6. The van der Waals surface area contributed by atoms with Crippen molar-refractivity contribution in [2.24, 2.45) is 0 Å². The Labute approximate surface area is 166 Å². The number of benzene rings is 2. The van der Waals surface area contributed by atoms with E-state index < -0.39 is 5.97 Å². The van der Waals surface area contributed by atoms with E-state index in [4.69, 9.17) is 19.5 Å². The normalized spacial score (nSPS) is 15.8. The second kappa shape index (κ2) is 7.78. The molecule has 8 heteroatoms. The summed E-state index contributed by atoms with van der Waals surface area (Å²) in [6.07, 6.45) is 3.95. The van der Waals surface area contributed by atoms with Crippen LogP contribution in [0.25, 0.3) is 6.08 Å². The van der Waals surface area contributed by atoms with Crippen molar-refractivity contribution in [3.8, 4) is 17.6 Å². The van der Waals surface area contributed by atoms with Gasteiger partial charge in [-0.15, -0.1) is 0 Å². The predicted molar refractivity (Wildman–Crippen MR) is 102 cm³/mol. The molecule has 2 heterocycles. The van der Waals surface area contributed by atoms with Crippen molar-refractivity contribution < 1.29 is 23.8 Å². The third-order valence-electron chi connectivity index (χ3n) is 4.28. The molecule has 0 atom stereocenters. The van der Waals surface area contributed by atoms with Gasteiger partial charge in [-0.3, -0.25) is 9.69 Å². The predicted octanol–water partition coefficient (Wildman–Crippen LogP) is 2.86. The Balaban J connectivity index is 1.47. The zero-order valence-electron chi connectivity index (χ0n) is 15.1. The third kappa shape index (κ3) is 3.75. The van der Waals surface area contributed by atoms with Crippen LogP contribution in [-0.4, -0.2) is 30.1 Å². The highest BCUT2D eigenvalue weighted by Gasteiger charge is 2.28. The number of ether oxygens (including phenoxy) is 3. The Hall–Kier alpha value is -4.25. The minimum Gasteiger partial charge on any atom is -0.454 e. The molecule has 0 radical (unpaired) electrons. The Morgan fingerprint density at radius 1 is 1.24 bits per heavy atom. The number of hydrogen-bond acceptors (Lipinski definition) is 7. The van der Waals surface area contributed by atoms with Gasteiger partial charge in [0.05, 0.1) is 17.3 Å². The standard InChI is InChI=1S/C21H15N3O5/c22-9-10-24-19(23-16-4-2-1-3-15(16)21(24)26)12-27-20(25)8-6-14-5-7-17-18(11-14)29-13-28-17/h1-8,11-12,23H,10,13H2/b8-6+,19-12-. The molecule has 8 nitrogen and oxygen atoms in total. The SMILES string of the molecule is N#CCN1C(=O)c2ccccc2N/C1=C/OC(=O)/C=C/c1ccc2c(c1)OCO2. The van der Waals surface area contributed by atoms with Crippen LogP contribution in [-0.2, 0) is 9.53 Å². The summed E-state index contributed by atoms with van der Waals surface area (Å²) in [5, 5.41) is 12.0. The molecule has 0 fully saturated rings. The molecular formula is C21H15N3O5. The first-order valence-electron chi connectivity index (χ1n) is 8.69. The van der Waals surface area contributed by atoms with Gasteiger partial charge in [-0.05, 0) is 35.9 Å². The van der Waals surface area contributed by atoms with Gasteiger partial charge < -0.3 is 19.5 Å². The van der Waals surface area contributed by atoms with Crippen molar-refractivity contribution in [1.29, 1.82) is 5.26 Å². The molecule has 0 spiro atoms. The fraction of sp³-hybridized carbons (Fsp3) is 0.0952. The number of nitrogens with zero attached hydrogens (tertiary/aromatic N) is 2. The van der Waals surface area contributed by atoms with Gasteiger partial charge in [-0.25, -0.2) is 4.79 Å². The van der Waals surface area contributed by atoms with E-state index in [1.807, 2.05) is 6.07 Å². The maximum absolute atomic E-state index is 12.6.